The zero-order chi connectivity index (χ0) is 20.2. The molecule has 2 aromatic rings. The van der Waals surface area contributed by atoms with E-state index in [2.05, 4.69) is 5.32 Å². The fourth-order valence-electron chi connectivity index (χ4n) is 2.83. The Morgan fingerprint density at radius 1 is 1.11 bits per heavy atom. The van der Waals surface area contributed by atoms with E-state index in [0.717, 1.165) is 21.7 Å². The molecule has 0 aliphatic heterocycles. The average molecular weight is 391 g/mol. The number of amides is 1. The lowest BCUT2D eigenvalue weighted by Gasteiger charge is -2.29. The van der Waals surface area contributed by atoms with Gasteiger partial charge in [0.15, 0.2) is 0 Å². The summed E-state index contributed by atoms with van der Waals surface area (Å²) in [6.45, 7) is 5.43. The Hall–Kier alpha value is -2.54. The van der Waals surface area contributed by atoms with Gasteiger partial charge in [-0.15, -0.1) is 0 Å². The van der Waals surface area contributed by atoms with Crippen LogP contribution in [0, 0.1) is 6.92 Å². The molecule has 0 heterocycles. The second-order valence-corrected chi connectivity index (χ2v) is 8.44. The Morgan fingerprint density at radius 3 is 2.30 bits per heavy atom. The van der Waals surface area contributed by atoms with E-state index in [1.54, 1.807) is 31.2 Å². The maximum Gasteiger partial charge on any atom is 0.244 e. The van der Waals surface area contributed by atoms with Crippen LogP contribution >= 0.6 is 0 Å². The van der Waals surface area contributed by atoms with Crippen LogP contribution in [0.25, 0.3) is 0 Å². The number of methoxy groups -OCH3 is 1. The van der Waals surface area contributed by atoms with E-state index in [1.807, 2.05) is 38.1 Å². The number of rotatable bonds is 7. The van der Waals surface area contributed by atoms with Crippen LogP contribution < -0.4 is 14.4 Å². The number of nitrogens with zero attached hydrogens (tertiary/aromatic N) is 1. The van der Waals surface area contributed by atoms with Crippen molar-refractivity contribution in [1.29, 1.82) is 0 Å². The number of aryl methyl sites for hydroxylation is 1. The van der Waals surface area contributed by atoms with Crippen LogP contribution in [0.2, 0.25) is 0 Å². The Balaban J connectivity index is 2.25. The molecule has 27 heavy (non-hydrogen) atoms. The average Bonchev–Trinajstić information content (AvgIpc) is 2.61. The molecule has 0 aliphatic carbocycles. The van der Waals surface area contributed by atoms with Gasteiger partial charge in [0, 0.05) is 6.07 Å². The van der Waals surface area contributed by atoms with Crippen molar-refractivity contribution in [1.82, 2.24) is 5.32 Å². The predicted molar refractivity (Wildman–Crippen MR) is 108 cm³/mol. The number of carbonyl (C=O) groups excluding carboxylic acids is 1. The summed E-state index contributed by atoms with van der Waals surface area (Å²) in [4.78, 5) is 12.8. The summed E-state index contributed by atoms with van der Waals surface area (Å²) < 4.78 is 31.0. The maximum absolute atomic E-state index is 12.8. The van der Waals surface area contributed by atoms with Crippen LogP contribution in [0.5, 0.6) is 5.75 Å². The summed E-state index contributed by atoms with van der Waals surface area (Å²) in [6, 6.07) is 13.3. The third-order valence-corrected chi connectivity index (χ3v) is 5.57. The zero-order valence-corrected chi connectivity index (χ0v) is 17.1. The van der Waals surface area contributed by atoms with Gasteiger partial charge in [0.1, 0.15) is 11.8 Å². The Kier molecular flexibility index (Phi) is 6.49. The van der Waals surface area contributed by atoms with Gasteiger partial charge in [0.25, 0.3) is 0 Å². The summed E-state index contributed by atoms with van der Waals surface area (Å²) in [5.41, 5.74) is 2.46. The largest absolute Gasteiger partial charge is 0.497 e. The number of anilines is 1. The van der Waals surface area contributed by atoms with Crippen LogP contribution in [0.15, 0.2) is 48.5 Å². The van der Waals surface area contributed by atoms with Crippen LogP contribution in [0.1, 0.15) is 31.0 Å². The number of sulfonamides is 1. The summed E-state index contributed by atoms with van der Waals surface area (Å²) in [5.74, 6) is 0.137. The first kappa shape index (κ1) is 20.8. The third-order valence-electron chi connectivity index (χ3n) is 4.33. The van der Waals surface area contributed by atoms with E-state index in [4.69, 9.17) is 4.74 Å². The molecule has 2 unspecified atom stereocenters. The smallest absolute Gasteiger partial charge is 0.244 e. The standard InChI is InChI=1S/C20H26N2O4S/c1-14-9-11-17(12-10-14)15(2)21-20(23)16(3)22(27(5,24)25)18-7-6-8-19(13-18)26-4/h6-13,15-16H,1-5H3,(H,21,23). The highest BCUT2D eigenvalue weighted by Crippen LogP contribution is 2.25. The highest BCUT2D eigenvalue weighted by atomic mass is 32.2. The minimum atomic E-state index is -3.68. The molecular formula is C20H26N2O4S. The molecule has 1 N–H and O–H groups in total. The predicted octanol–water partition coefficient (Wildman–Crippen LogP) is 3.04. The monoisotopic (exact) mass is 390 g/mol. The summed E-state index contributed by atoms with van der Waals surface area (Å²) >= 11 is 0. The molecule has 2 atom stereocenters. The zero-order valence-electron chi connectivity index (χ0n) is 16.3. The van der Waals surface area contributed by atoms with Gasteiger partial charge in [-0.2, -0.15) is 0 Å². The molecule has 1 amide bonds. The number of ether oxygens (including phenoxy) is 1. The van der Waals surface area contributed by atoms with Crippen molar-refractivity contribution in [3.63, 3.8) is 0 Å². The Labute approximate surface area is 161 Å². The molecular weight excluding hydrogens is 364 g/mol. The van der Waals surface area contributed by atoms with Crippen molar-refractivity contribution in [2.75, 3.05) is 17.7 Å². The first-order valence-electron chi connectivity index (χ1n) is 8.64. The molecule has 0 aromatic heterocycles. The second-order valence-electron chi connectivity index (χ2n) is 6.58. The van der Waals surface area contributed by atoms with Gasteiger partial charge in [0.2, 0.25) is 15.9 Å². The molecule has 2 rings (SSSR count). The summed E-state index contributed by atoms with van der Waals surface area (Å²) in [7, 11) is -2.17. The SMILES string of the molecule is COc1cccc(N(C(C)C(=O)NC(C)c2ccc(C)cc2)S(C)(=O)=O)c1. The van der Waals surface area contributed by atoms with Crippen molar-refractivity contribution >= 4 is 21.6 Å². The minimum absolute atomic E-state index is 0.243. The Bertz CT molecular complexity index is 894. The number of nitrogens with one attached hydrogen (secondary N) is 1. The molecule has 0 spiro atoms. The highest BCUT2D eigenvalue weighted by Gasteiger charge is 2.30. The topological polar surface area (TPSA) is 75.7 Å². The number of carbonyl (C=O) groups is 1. The van der Waals surface area contributed by atoms with Crippen molar-refractivity contribution in [2.24, 2.45) is 0 Å². The molecule has 0 bridgehead atoms. The lowest BCUT2D eigenvalue weighted by Crippen LogP contribution is -2.48. The minimum Gasteiger partial charge on any atom is -0.497 e. The van der Waals surface area contributed by atoms with E-state index < -0.39 is 16.1 Å². The van der Waals surface area contributed by atoms with E-state index >= 15 is 0 Å². The van der Waals surface area contributed by atoms with E-state index in [0.29, 0.717) is 11.4 Å². The first-order valence-corrected chi connectivity index (χ1v) is 10.5. The maximum atomic E-state index is 12.8. The third kappa shape index (κ3) is 5.23. The normalized spacial score (nSPS) is 13.5. The number of hydrogen-bond acceptors (Lipinski definition) is 4. The number of benzene rings is 2. The Morgan fingerprint density at radius 2 is 1.74 bits per heavy atom. The van der Waals surface area contributed by atoms with Crippen LogP contribution in [-0.4, -0.2) is 33.7 Å². The number of hydrogen-bond donors (Lipinski definition) is 1. The van der Waals surface area contributed by atoms with Gasteiger partial charge in [-0.25, -0.2) is 8.42 Å². The fourth-order valence-corrected chi connectivity index (χ4v) is 4.00. The molecule has 0 aliphatic rings. The second kappa shape index (κ2) is 8.43. The quantitative estimate of drug-likeness (QED) is 0.788. The van der Waals surface area contributed by atoms with Crippen LogP contribution in [0.3, 0.4) is 0 Å². The van der Waals surface area contributed by atoms with Gasteiger partial charge in [-0.05, 0) is 38.5 Å². The summed E-state index contributed by atoms with van der Waals surface area (Å²) in [6.07, 6.45) is 1.08. The van der Waals surface area contributed by atoms with Gasteiger partial charge >= 0.3 is 0 Å². The molecule has 146 valence electrons. The van der Waals surface area contributed by atoms with Gasteiger partial charge in [-0.3, -0.25) is 9.10 Å². The van der Waals surface area contributed by atoms with Gasteiger partial charge in [-0.1, -0.05) is 35.9 Å². The van der Waals surface area contributed by atoms with Crippen LogP contribution in [0.4, 0.5) is 5.69 Å². The molecule has 0 saturated carbocycles. The highest BCUT2D eigenvalue weighted by molar-refractivity contribution is 7.92. The van der Waals surface area contributed by atoms with Crippen molar-refractivity contribution in [3.05, 3.63) is 59.7 Å². The molecule has 0 saturated heterocycles. The van der Waals surface area contributed by atoms with E-state index in [9.17, 15) is 13.2 Å². The lowest BCUT2D eigenvalue weighted by atomic mass is 10.1. The van der Waals surface area contributed by atoms with E-state index in [1.165, 1.54) is 7.11 Å². The molecule has 7 heteroatoms. The van der Waals surface area contributed by atoms with Crippen LogP contribution in [-0.2, 0) is 14.8 Å². The molecule has 0 fully saturated rings. The van der Waals surface area contributed by atoms with Crippen molar-refractivity contribution in [3.8, 4) is 5.75 Å². The van der Waals surface area contributed by atoms with E-state index in [-0.39, 0.29) is 11.9 Å². The fraction of sp³-hybridized carbons (Fsp3) is 0.350. The molecule has 6 nitrogen and oxygen atoms in total. The van der Waals surface area contributed by atoms with Gasteiger partial charge in [0.05, 0.1) is 25.1 Å². The van der Waals surface area contributed by atoms with Crippen molar-refractivity contribution in [2.45, 2.75) is 32.9 Å². The summed E-state index contributed by atoms with van der Waals surface area (Å²) in [5, 5.41) is 2.89. The molecule has 0 radical (unpaired) electrons. The van der Waals surface area contributed by atoms with Gasteiger partial charge < -0.3 is 10.1 Å². The lowest BCUT2D eigenvalue weighted by molar-refractivity contribution is -0.122. The molecule has 2 aromatic carbocycles. The first-order chi connectivity index (χ1) is 12.6. The van der Waals surface area contributed by atoms with Crippen molar-refractivity contribution < 1.29 is 17.9 Å².